The maximum Gasteiger partial charge on any atom is 0.195 e. The van der Waals surface area contributed by atoms with E-state index < -0.39 is 0 Å². The second-order valence-corrected chi connectivity index (χ2v) is 7.26. The van der Waals surface area contributed by atoms with Crippen molar-refractivity contribution in [2.45, 2.75) is 0 Å². The van der Waals surface area contributed by atoms with Crippen LogP contribution in [0.2, 0.25) is 0 Å². The molecule has 0 saturated heterocycles. The molecule has 0 heterocycles. The first-order valence-electron chi connectivity index (χ1n) is 9.88. The van der Waals surface area contributed by atoms with Crippen LogP contribution in [0, 0.1) is 0 Å². The molecule has 1 aliphatic carbocycles. The lowest BCUT2D eigenvalue weighted by molar-refractivity contribution is 0.0979. The van der Waals surface area contributed by atoms with Crippen LogP contribution < -0.4 is 0 Å². The van der Waals surface area contributed by atoms with Crippen LogP contribution in [0.4, 0.5) is 0 Å². The molecule has 30 heavy (non-hydrogen) atoms. The van der Waals surface area contributed by atoms with Crippen molar-refractivity contribution in [3.63, 3.8) is 0 Å². The first kappa shape index (κ1) is 18.0. The Balaban J connectivity index is 1.60. The van der Waals surface area contributed by atoms with Gasteiger partial charge in [-0.2, -0.15) is 0 Å². The summed E-state index contributed by atoms with van der Waals surface area (Å²) < 4.78 is 0. The lowest BCUT2D eigenvalue weighted by Gasteiger charge is -2.19. The highest BCUT2D eigenvalue weighted by atomic mass is 16.1. The summed E-state index contributed by atoms with van der Waals surface area (Å²) in [4.78, 5) is 26.1. The van der Waals surface area contributed by atoms with Crippen molar-refractivity contribution in [1.82, 2.24) is 0 Å². The third kappa shape index (κ3) is 2.99. The van der Waals surface area contributed by atoms with Crippen LogP contribution >= 0.6 is 0 Å². The second kappa shape index (κ2) is 7.41. The number of carbonyl (C=O) groups is 2. The fourth-order valence-corrected chi connectivity index (χ4v) is 4.01. The molecule has 0 spiro atoms. The minimum atomic E-state index is -0.100. The maximum absolute atomic E-state index is 13.2. The molecule has 0 saturated carbocycles. The molecular formula is C28H18O2. The van der Waals surface area contributed by atoms with Crippen molar-refractivity contribution < 1.29 is 9.59 Å². The Hall–Kier alpha value is -4.04. The number of carbonyl (C=O) groups excluding carboxylic acids is 2. The van der Waals surface area contributed by atoms with Crippen LogP contribution in [0.3, 0.4) is 0 Å². The van der Waals surface area contributed by atoms with Crippen LogP contribution in [0.5, 0.6) is 0 Å². The highest BCUT2D eigenvalue weighted by molar-refractivity contribution is 6.29. The fraction of sp³-hybridized carbons (Fsp3) is 0. The van der Waals surface area contributed by atoms with Gasteiger partial charge in [-0.25, -0.2) is 0 Å². The lowest BCUT2D eigenvalue weighted by Crippen LogP contribution is -2.21. The van der Waals surface area contributed by atoms with Crippen LogP contribution in [-0.2, 0) is 0 Å². The molecule has 142 valence electrons. The van der Waals surface area contributed by atoms with E-state index in [0.717, 1.165) is 22.3 Å². The van der Waals surface area contributed by atoms with E-state index in [-0.39, 0.29) is 11.6 Å². The van der Waals surface area contributed by atoms with E-state index in [0.29, 0.717) is 22.3 Å². The maximum atomic E-state index is 13.2. The normalized spacial score (nSPS) is 12.7. The number of rotatable bonds is 3. The van der Waals surface area contributed by atoms with E-state index >= 15 is 0 Å². The Morgan fingerprint density at radius 2 is 0.967 bits per heavy atom. The molecule has 4 aromatic carbocycles. The van der Waals surface area contributed by atoms with E-state index in [1.165, 1.54) is 0 Å². The predicted octanol–water partition coefficient (Wildman–Crippen LogP) is 6.30. The minimum Gasteiger partial charge on any atom is -0.289 e. The Bertz CT molecular complexity index is 1310. The summed E-state index contributed by atoms with van der Waals surface area (Å²) >= 11 is 0. The largest absolute Gasteiger partial charge is 0.289 e. The first-order valence-corrected chi connectivity index (χ1v) is 9.88. The molecule has 1 aliphatic rings. The summed E-state index contributed by atoms with van der Waals surface area (Å²) in [5.41, 5.74) is 5.96. The predicted molar refractivity (Wildman–Crippen MR) is 121 cm³/mol. The molecule has 0 atom stereocenters. The van der Waals surface area contributed by atoms with Gasteiger partial charge < -0.3 is 0 Å². The average Bonchev–Trinajstić information content (AvgIpc) is 2.82. The van der Waals surface area contributed by atoms with Gasteiger partial charge in [-0.05, 0) is 22.3 Å². The summed E-state index contributed by atoms with van der Waals surface area (Å²) in [5.74, 6) is -0.197. The van der Waals surface area contributed by atoms with Crippen LogP contribution in [0.1, 0.15) is 43.0 Å². The lowest BCUT2D eigenvalue weighted by atomic mass is 9.81. The number of ketones is 2. The zero-order valence-corrected chi connectivity index (χ0v) is 16.2. The van der Waals surface area contributed by atoms with Gasteiger partial charge in [0.15, 0.2) is 11.6 Å². The number of fused-ring (bicyclic) bond motifs is 2. The molecule has 0 aliphatic heterocycles. The second-order valence-electron chi connectivity index (χ2n) is 7.26. The molecule has 0 amide bonds. The van der Waals surface area contributed by atoms with Crippen LogP contribution in [-0.4, -0.2) is 11.6 Å². The van der Waals surface area contributed by atoms with Gasteiger partial charge in [0.1, 0.15) is 0 Å². The number of benzene rings is 4. The monoisotopic (exact) mass is 386 g/mol. The van der Waals surface area contributed by atoms with Gasteiger partial charge >= 0.3 is 0 Å². The zero-order valence-electron chi connectivity index (χ0n) is 16.2. The van der Waals surface area contributed by atoms with Crippen molar-refractivity contribution in [1.29, 1.82) is 0 Å². The van der Waals surface area contributed by atoms with E-state index in [1.807, 2.05) is 54.6 Å². The topological polar surface area (TPSA) is 34.1 Å². The summed E-state index contributed by atoms with van der Waals surface area (Å²) in [6.45, 7) is 0. The molecule has 0 radical (unpaired) electrons. The third-order valence-corrected chi connectivity index (χ3v) is 5.47. The quantitative estimate of drug-likeness (QED) is 0.341. The molecule has 0 aromatic heterocycles. The zero-order chi connectivity index (χ0) is 20.5. The Kier molecular flexibility index (Phi) is 4.45. The van der Waals surface area contributed by atoms with Gasteiger partial charge in [0.25, 0.3) is 0 Å². The van der Waals surface area contributed by atoms with Gasteiger partial charge in [-0.3, -0.25) is 9.59 Å². The van der Waals surface area contributed by atoms with Crippen molar-refractivity contribution >= 4 is 23.7 Å². The summed E-state index contributed by atoms with van der Waals surface area (Å²) in [7, 11) is 0. The van der Waals surface area contributed by atoms with Gasteiger partial charge in [-0.15, -0.1) is 0 Å². The standard InChI is InChI=1S/C28H18O2/c29-27-23-14-6-7-15-24(23)28(30)26-21(12-8-16-25(26)27)18-17-20-11-4-5-13-22(20)19-9-2-1-3-10-19/h1-18H. The van der Waals surface area contributed by atoms with E-state index in [1.54, 1.807) is 30.3 Å². The fourth-order valence-electron chi connectivity index (χ4n) is 4.01. The highest BCUT2D eigenvalue weighted by Crippen LogP contribution is 2.31. The van der Waals surface area contributed by atoms with Crippen LogP contribution in [0.25, 0.3) is 23.3 Å². The summed E-state index contributed by atoms with van der Waals surface area (Å²) in [6.07, 6.45) is 3.94. The molecule has 0 unspecified atom stereocenters. The highest BCUT2D eigenvalue weighted by Gasteiger charge is 2.30. The Labute approximate surface area is 175 Å². The molecule has 2 heteroatoms. The molecule has 0 fully saturated rings. The van der Waals surface area contributed by atoms with Gasteiger partial charge in [0.05, 0.1) is 0 Å². The average molecular weight is 386 g/mol. The van der Waals surface area contributed by atoms with E-state index in [9.17, 15) is 9.59 Å². The number of hydrogen-bond donors (Lipinski definition) is 0. The van der Waals surface area contributed by atoms with Crippen molar-refractivity contribution in [2.24, 2.45) is 0 Å². The smallest absolute Gasteiger partial charge is 0.195 e. The molecular weight excluding hydrogens is 368 g/mol. The van der Waals surface area contributed by atoms with Crippen LogP contribution in [0.15, 0.2) is 97.1 Å². The van der Waals surface area contributed by atoms with Gasteiger partial charge in [0.2, 0.25) is 0 Å². The minimum absolute atomic E-state index is 0.0971. The first-order chi connectivity index (χ1) is 14.7. The Morgan fingerprint density at radius 1 is 0.433 bits per heavy atom. The number of hydrogen-bond acceptors (Lipinski definition) is 2. The van der Waals surface area contributed by atoms with Crippen molar-refractivity contribution in [3.8, 4) is 11.1 Å². The van der Waals surface area contributed by atoms with Crippen molar-refractivity contribution in [2.75, 3.05) is 0 Å². The Morgan fingerprint density at radius 3 is 1.73 bits per heavy atom. The van der Waals surface area contributed by atoms with E-state index in [4.69, 9.17) is 0 Å². The summed E-state index contributed by atoms with van der Waals surface area (Å²) in [6, 6.07) is 30.8. The van der Waals surface area contributed by atoms with E-state index in [2.05, 4.69) is 24.3 Å². The molecule has 5 rings (SSSR count). The molecule has 0 bridgehead atoms. The molecule has 4 aromatic rings. The van der Waals surface area contributed by atoms with Crippen molar-refractivity contribution in [3.05, 3.63) is 130 Å². The molecule has 2 nitrogen and oxygen atoms in total. The van der Waals surface area contributed by atoms with Gasteiger partial charge in [-0.1, -0.05) is 109 Å². The third-order valence-electron chi connectivity index (χ3n) is 5.47. The summed E-state index contributed by atoms with van der Waals surface area (Å²) in [5, 5.41) is 0. The molecule has 0 N–H and O–H groups in total. The SMILES string of the molecule is O=C1c2ccccc2C(=O)c2c(C=Cc3ccccc3-c3ccccc3)cccc21. The van der Waals surface area contributed by atoms with Gasteiger partial charge in [0, 0.05) is 22.3 Å².